The Morgan fingerprint density at radius 3 is 2.30 bits per heavy atom. The van der Waals surface area contributed by atoms with E-state index >= 15 is 0 Å². The van der Waals surface area contributed by atoms with Gasteiger partial charge in [0.05, 0.1) is 0 Å². The zero-order valence-electron chi connectivity index (χ0n) is 12.1. The van der Waals surface area contributed by atoms with Gasteiger partial charge in [-0.3, -0.25) is 0 Å². The standard InChI is InChI=1S/C18H21NS/c1-13-3-8-18(11-14(13)2)20-17-9-4-15(5-10-17)12-19-16-6-7-16/h3-5,8-11,16,19H,6-7,12H2,1-2H3. The smallest absolute Gasteiger partial charge is 0.0208 e. The van der Waals surface area contributed by atoms with Crippen molar-refractivity contribution in [2.45, 2.75) is 49.1 Å². The van der Waals surface area contributed by atoms with Gasteiger partial charge in [0.2, 0.25) is 0 Å². The Kier molecular flexibility index (Phi) is 4.13. The Morgan fingerprint density at radius 1 is 0.950 bits per heavy atom. The molecule has 0 spiro atoms. The van der Waals surface area contributed by atoms with Crippen LogP contribution >= 0.6 is 11.8 Å². The minimum atomic E-state index is 0.777. The van der Waals surface area contributed by atoms with Gasteiger partial charge in [-0.1, -0.05) is 30.0 Å². The third-order valence-corrected chi connectivity index (χ3v) is 4.81. The first-order chi connectivity index (χ1) is 9.70. The van der Waals surface area contributed by atoms with Crippen LogP contribution in [0.5, 0.6) is 0 Å². The van der Waals surface area contributed by atoms with Crippen molar-refractivity contribution in [2.75, 3.05) is 0 Å². The summed E-state index contributed by atoms with van der Waals surface area (Å²) in [6.07, 6.45) is 2.70. The van der Waals surface area contributed by atoms with Crippen LogP contribution in [0.2, 0.25) is 0 Å². The molecule has 0 aliphatic heterocycles. The van der Waals surface area contributed by atoms with E-state index in [9.17, 15) is 0 Å². The van der Waals surface area contributed by atoms with Crippen molar-refractivity contribution in [2.24, 2.45) is 0 Å². The maximum atomic E-state index is 3.55. The molecule has 0 aromatic heterocycles. The zero-order chi connectivity index (χ0) is 13.9. The van der Waals surface area contributed by atoms with E-state index < -0.39 is 0 Å². The summed E-state index contributed by atoms with van der Waals surface area (Å²) >= 11 is 1.84. The van der Waals surface area contributed by atoms with Gasteiger partial charge in [-0.15, -0.1) is 0 Å². The summed E-state index contributed by atoms with van der Waals surface area (Å²) in [5.74, 6) is 0. The molecule has 0 unspecified atom stereocenters. The largest absolute Gasteiger partial charge is 0.310 e. The van der Waals surface area contributed by atoms with Crippen molar-refractivity contribution in [1.82, 2.24) is 5.32 Å². The van der Waals surface area contributed by atoms with Crippen LogP contribution in [-0.4, -0.2) is 6.04 Å². The lowest BCUT2D eigenvalue weighted by Gasteiger charge is -2.07. The van der Waals surface area contributed by atoms with E-state index in [1.807, 2.05) is 11.8 Å². The fraction of sp³-hybridized carbons (Fsp3) is 0.333. The van der Waals surface area contributed by atoms with E-state index in [1.165, 1.54) is 39.3 Å². The maximum Gasteiger partial charge on any atom is 0.0208 e. The molecule has 0 heterocycles. The minimum absolute atomic E-state index is 0.777. The highest BCUT2D eigenvalue weighted by molar-refractivity contribution is 7.99. The molecule has 1 nitrogen and oxygen atoms in total. The molecule has 2 aromatic carbocycles. The van der Waals surface area contributed by atoms with Crippen LogP contribution in [0.25, 0.3) is 0 Å². The van der Waals surface area contributed by atoms with Crippen LogP contribution in [-0.2, 0) is 6.54 Å². The van der Waals surface area contributed by atoms with Gasteiger partial charge in [-0.2, -0.15) is 0 Å². The first kappa shape index (κ1) is 13.7. The van der Waals surface area contributed by atoms with E-state index in [-0.39, 0.29) is 0 Å². The first-order valence-corrected chi connectivity index (χ1v) is 8.10. The second-order valence-corrected chi connectivity index (χ2v) is 6.79. The van der Waals surface area contributed by atoms with Gasteiger partial charge in [0.15, 0.2) is 0 Å². The predicted molar refractivity (Wildman–Crippen MR) is 86.3 cm³/mol. The number of aryl methyl sites for hydroxylation is 2. The topological polar surface area (TPSA) is 12.0 Å². The van der Waals surface area contributed by atoms with Gasteiger partial charge in [-0.25, -0.2) is 0 Å². The van der Waals surface area contributed by atoms with E-state index in [2.05, 4.69) is 61.6 Å². The molecule has 1 aliphatic carbocycles. The third-order valence-electron chi connectivity index (χ3n) is 3.81. The number of benzene rings is 2. The molecule has 2 aromatic rings. The zero-order valence-corrected chi connectivity index (χ0v) is 13.0. The first-order valence-electron chi connectivity index (χ1n) is 7.28. The Balaban J connectivity index is 1.62. The minimum Gasteiger partial charge on any atom is -0.310 e. The molecule has 1 fully saturated rings. The molecular weight excluding hydrogens is 262 g/mol. The molecule has 104 valence electrons. The highest BCUT2D eigenvalue weighted by atomic mass is 32.2. The summed E-state index contributed by atoms with van der Waals surface area (Å²) in [6, 6.07) is 16.4. The monoisotopic (exact) mass is 283 g/mol. The van der Waals surface area contributed by atoms with Crippen molar-refractivity contribution in [3.8, 4) is 0 Å². The van der Waals surface area contributed by atoms with Crippen LogP contribution in [0.3, 0.4) is 0 Å². The lowest BCUT2D eigenvalue weighted by Crippen LogP contribution is -2.14. The SMILES string of the molecule is Cc1ccc(Sc2ccc(CNC3CC3)cc2)cc1C. The summed E-state index contributed by atoms with van der Waals surface area (Å²) < 4.78 is 0. The van der Waals surface area contributed by atoms with E-state index in [4.69, 9.17) is 0 Å². The molecule has 0 saturated heterocycles. The average Bonchev–Trinajstić information content (AvgIpc) is 3.26. The van der Waals surface area contributed by atoms with Gasteiger partial charge in [0.25, 0.3) is 0 Å². The molecule has 0 bridgehead atoms. The molecule has 20 heavy (non-hydrogen) atoms. The van der Waals surface area contributed by atoms with Crippen LogP contribution in [0, 0.1) is 13.8 Å². The highest BCUT2D eigenvalue weighted by Crippen LogP contribution is 2.29. The van der Waals surface area contributed by atoms with Gasteiger partial charge < -0.3 is 5.32 Å². The molecule has 3 rings (SSSR count). The normalized spacial score (nSPS) is 14.5. The molecule has 0 atom stereocenters. The summed E-state index contributed by atoms with van der Waals surface area (Å²) in [5, 5.41) is 3.55. The summed E-state index contributed by atoms with van der Waals surface area (Å²) in [7, 11) is 0. The fourth-order valence-electron chi connectivity index (χ4n) is 2.14. The predicted octanol–water partition coefficient (Wildman–Crippen LogP) is 4.71. The van der Waals surface area contributed by atoms with Gasteiger partial charge >= 0.3 is 0 Å². The summed E-state index contributed by atoms with van der Waals surface area (Å²) in [5.41, 5.74) is 4.09. The Bertz CT molecular complexity index is 585. The maximum absolute atomic E-state index is 3.55. The lowest BCUT2D eigenvalue weighted by molar-refractivity contribution is 0.687. The Morgan fingerprint density at radius 2 is 1.65 bits per heavy atom. The van der Waals surface area contributed by atoms with E-state index in [0.717, 1.165) is 12.6 Å². The van der Waals surface area contributed by atoms with Crippen molar-refractivity contribution < 1.29 is 0 Å². The number of nitrogens with one attached hydrogen (secondary N) is 1. The van der Waals surface area contributed by atoms with Gasteiger partial charge in [0.1, 0.15) is 0 Å². The van der Waals surface area contributed by atoms with E-state index in [0.29, 0.717) is 0 Å². The molecule has 2 heteroatoms. The molecule has 0 radical (unpaired) electrons. The van der Waals surface area contributed by atoms with Gasteiger partial charge in [-0.05, 0) is 67.6 Å². The number of hydrogen-bond acceptors (Lipinski definition) is 2. The summed E-state index contributed by atoms with van der Waals surface area (Å²) in [4.78, 5) is 2.63. The third kappa shape index (κ3) is 3.65. The van der Waals surface area contributed by atoms with Crippen LogP contribution in [0.15, 0.2) is 52.3 Å². The van der Waals surface area contributed by atoms with E-state index in [1.54, 1.807) is 0 Å². The lowest BCUT2D eigenvalue weighted by atomic mass is 10.1. The molecule has 1 saturated carbocycles. The Hall–Kier alpha value is -1.25. The quantitative estimate of drug-likeness (QED) is 0.853. The number of rotatable bonds is 5. The number of hydrogen-bond donors (Lipinski definition) is 1. The van der Waals surface area contributed by atoms with Crippen molar-refractivity contribution >= 4 is 11.8 Å². The second kappa shape index (κ2) is 6.02. The molecule has 0 amide bonds. The molecular formula is C18H21NS. The van der Waals surface area contributed by atoms with Crippen LogP contribution < -0.4 is 5.32 Å². The van der Waals surface area contributed by atoms with Crippen LogP contribution in [0.4, 0.5) is 0 Å². The van der Waals surface area contributed by atoms with Crippen LogP contribution in [0.1, 0.15) is 29.5 Å². The summed E-state index contributed by atoms with van der Waals surface area (Å²) in [6.45, 7) is 5.33. The fourth-order valence-corrected chi connectivity index (χ4v) is 3.05. The molecule has 1 aliphatic rings. The van der Waals surface area contributed by atoms with Gasteiger partial charge in [0, 0.05) is 22.4 Å². The van der Waals surface area contributed by atoms with Crippen molar-refractivity contribution in [1.29, 1.82) is 0 Å². The van der Waals surface area contributed by atoms with Crippen molar-refractivity contribution in [3.05, 3.63) is 59.2 Å². The average molecular weight is 283 g/mol. The molecule has 1 N–H and O–H groups in total. The highest BCUT2D eigenvalue weighted by Gasteiger charge is 2.19. The van der Waals surface area contributed by atoms with Crippen molar-refractivity contribution in [3.63, 3.8) is 0 Å². The second-order valence-electron chi connectivity index (χ2n) is 5.65. The Labute approximate surface area is 125 Å².